The van der Waals surface area contributed by atoms with Gasteiger partial charge in [0.05, 0.1) is 0 Å². The van der Waals surface area contributed by atoms with Crippen molar-refractivity contribution in [2.24, 2.45) is 0 Å². The summed E-state index contributed by atoms with van der Waals surface area (Å²) in [4.78, 5) is 8.95. The molecule has 0 aromatic carbocycles. The van der Waals surface area contributed by atoms with Gasteiger partial charge in [-0.25, -0.2) is 9.97 Å². The van der Waals surface area contributed by atoms with Gasteiger partial charge in [-0.1, -0.05) is 0 Å². The summed E-state index contributed by atoms with van der Waals surface area (Å²) in [5.74, 6) is 2.73. The Bertz CT molecular complexity index is 428. The van der Waals surface area contributed by atoms with Crippen LogP contribution in [0.2, 0.25) is 0 Å². The Hall–Kier alpha value is -0.970. The Morgan fingerprint density at radius 2 is 1.68 bits per heavy atom. The second-order valence-electron chi connectivity index (χ2n) is 5.20. The number of nitrogens with one attached hydrogen (secondary N) is 2. The van der Waals surface area contributed by atoms with Gasteiger partial charge in [0.15, 0.2) is 0 Å². The lowest BCUT2D eigenvalue weighted by molar-refractivity contribution is 0.472. The van der Waals surface area contributed by atoms with E-state index in [1.807, 2.05) is 25.7 Å². The number of hydrogen-bond donors (Lipinski definition) is 2. The summed E-state index contributed by atoms with van der Waals surface area (Å²) in [6, 6.07) is 0.557. The van der Waals surface area contributed by atoms with E-state index >= 15 is 0 Å². The van der Waals surface area contributed by atoms with Crippen LogP contribution >= 0.6 is 11.8 Å². The van der Waals surface area contributed by atoms with Gasteiger partial charge < -0.3 is 10.6 Å². The van der Waals surface area contributed by atoms with Crippen molar-refractivity contribution < 1.29 is 0 Å². The fourth-order valence-corrected chi connectivity index (χ4v) is 3.39. The number of hydrogen-bond acceptors (Lipinski definition) is 5. The number of anilines is 2. The van der Waals surface area contributed by atoms with Gasteiger partial charge in [-0.15, -0.1) is 0 Å². The van der Waals surface area contributed by atoms with Crippen LogP contribution in [-0.4, -0.2) is 34.6 Å². The second kappa shape index (κ2) is 6.46. The largest absolute Gasteiger partial charge is 0.373 e. The van der Waals surface area contributed by atoms with Gasteiger partial charge in [0, 0.05) is 23.9 Å². The van der Waals surface area contributed by atoms with E-state index in [9.17, 15) is 0 Å². The minimum atomic E-state index is 0.557. The molecular formula is C14H24N4S. The Morgan fingerprint density at radius 3 is 2.26 bits per heavy atom. The summed E-state index contributed by atoms with van der Waals surface area (Å²) in [7, 11) is 1.90. The molecule has 1 aliphatic rings. The standard InChI is InChI=1S/C14H24N4S/c1-9-13(15-3)16-10(2)17-14(9)18-11-5-7-12(19-4)8-6-11/h11-12H,5-8H2,1-4H3,(H2,15,16,17,18). The maximum atomic E-state index is 4.55. The fraction of sp³-hybridized carbons (Fsp3) is 0.714. The first-order valence-corrected chi connectivity index (χ1v) is 8.25. The molecule has 19 heavy (non-hydrogen) atoms. The van der Waals surface area contributed by atoms with Gasteiger partial charge in [-0.05, 0) is 45.8 Å². The van der Waals surface area contributed by atoms with Gasteiger partial charge in [0.25, 0.3) is 0 Å². The van der Waals surface area contributed by atoms with E-state index < -0.39 is 0 Å². The molecule has 0 aliphatic heterocycles. The number of aryl methyl sites for hydroxylation is 1. The zero-order chi connectivity index (χ0) is 13.8. The van der Waals surface area contributed by atoms with Crippen molar-refractivity contribution in [1.29, 1.82) is 0 Å². The van der Waals surface area contributed by atoms with Gasteiger partial charge in [-0.3, -0.25) is 0 Å². The number of rotatable bonds is 4. The van der Waals surface area contributed by atoms with Crippen LogP contribution in [0.15, 0.2) is 0 Å². The molecule has 1 heterocycles. The molecule has 0 atom stereocenters. The van der Waals surface area contributed by atoms with Crippen LogP contribution in [0.5, 0.6) is 0 Å². The Labute approximate surface area is 120 Å². The molecular weight excluding hydrogens is 256 g/mol. The molecule has 1 aromatic heterocycles. The highest BCUT2D eigenvalue weighted by molar-refractivity contribution is 7.99. The van der Waals surface area contributed by atoms with E-state index in [0.717, 1.165) is 28.3 Å². The third kappa shape index (κ3) is 3.53. The van der Waals surface area contributed by atoms with Crippen molar-refractivity contribution in [1.82, 2.24) is 9.97 Å². The van der Waals surface area contributed by atoms with E-state index in [-0.39, 0.29) is 0 Å². The molecule has 2 N–H and O–H groups in total. The predicted molar refractivity (Wildman–Crippen MR) is 84.2 cm³/mol. The summed E-state index contributed by atoms with van der Waals surface area (Å²) in [5, 5.41) is 7.59. The van der Waals surface area contributed by atoms with E-state index in [1.165, 1.54) is 25.7 Å². The predicted octanol–water partition coefficient (Wildman–Crippen LogP) is 3.22. The van der Waals surface area contributed by atoms with Gasteiger partial charge in [-0.2, -0.15) is 11.8 Å². The van der Waals surface area contributed by atoms with Crippen LogP contribution in [0.4, 0.5) is 11.6 Å². The summed E-state index contributed by atoms with van der Waals surface area (Å²) in [5.41, 5.74) is 1.11. The zero-order valence-electron chi connectivity index (χ0n) is 12.3. The first-order chi connectivity index (χ1) is 9.13. The van der Waals surface area contributed by atoms with Gasteiger partial charge in [0.2, 0.25) is 0 Å². The normalized spacial score (nSPS) is 23.2. The van der Waals surface area contributed by atoms with E-state index in [1.54, 1.807) is 0 Å². The average Bonchev–Trinajstić information content (AvgIpc) is 2.43. The monoisotopic (exact) mass is 280 g/mol. The molecule has 5 heteroatoms. The Morgan fingerprint density at radius 1 is 1.05 bits per heavy atom. The molecule has 106 valence electrons. The quantitative estimate of drug-likeness (QED) is 0.887. The lowest BCUT2D eigenvalue weighted by Crippen LogP contribution is -2.28. The molecule has 0 unspecified atom stereocenters. The van der Waals surface area contributed by atoms with Crippen molar-refractivity contribution in [3.8, 4) is 0 Å². The highest BCUT2D eigenvalue weighted by atomic mass is 32.2. The smallest absolute Gasteiger partial charge is 0.134 e. The van der Waals surface area contributed by atoms with Crippen molar-refractivity contribution >= 4 is 23.4 Å². The molecule has 1 saturated carbocycles. The van der Waals surface area contributed by atoms with Crippen molar-refractivity contribution in [3.05, 3.63) is 11.4 Å². The van der Waals surface area contributed by atoms with Crippen LogP contribution in [0.3, 0.4) is 0 Å². The van der Waals surface area contributed by atoms with Crippen LogP contribution < -0.4 is 10.6 Å². The molecule has 0 radical (unpaired) electrons. The zero-order valence-corrected chi connectivity index (χ0v) is 13.1. The first-order valence-electron chi connectivity index (χ1n) is 6.96. The third-order valence-corrected chi connectivity index (χ3v) is 4.98. The molecule has 2 rings (SSSR count). The molecule has 1 aromatic rings. The van der Waals surface area contributed by atoms with Crippen LogP contribution in [0.25, 0.3) is 0 Å². The summed E-state index contributed by atoms with van der Waals surface area (Å²) in [6.45, 7) is 4.01. The molecule has 0 amide bonds. The topological polar surface area (TPSA) is 49.8 Å². The van der Waals surface area contributed by atoms with Crippen molar-refractivity contribution in [2.75, 3.05) is 23.9 Å². The SMILES string of the molecule is CNc1nc(C)nc(NC2CCC(SC)CC2)c1C. The lowest BCUT2D eigenvalue weighted by Gasteiger charge is -2.29. The molecule has 0 bridgehead atoms. The summed E-state index contributed by atoms with van der Waals surface area (Å²) in [6.07, 6.45) is 7.31. The Kier molecular flexibility index (Phi) is 4.91. The summed E-state index contributed by atoms with van der Waals surface area (Å²) >= 11 is 2.00. The van der Waals surface area contributed by atoms with Crippen molar-refractivity contribution in [2.45, 2.75) is 50.8 Å². The fourth-order valence-electron chi connectivity index (χ4n) is 2.65. The van der Waals surface area contributed by atoms with E-state index in [4.69, 9.17) is 0 Å². The summed E-state index contributed by atoms with van der Waals surface area (Å²) < 4.78 is 0. The maximum absolute atomic E-state index is 4.55. The third-order valence-electron chi connectivity index (χ3n) is 3.84. The van der Waals surface area contributed by atoms with Gasteiger partial charge in [0.1, 0.15) is 17.5 Å². The number of thioether (sulfide) groups is 1. The molecule has 4 nitrogen and oxygen atoms in total. The minimum Gasteiger partial charge on any atom is -0.373 e. The Balaban J connectivity index is 2.05. The van der Waals surface area contributed by atoms with Crippen LogP contribution in [-0.2, 0) is 0 Å². The molecule has 1 fully saturated rings. The van der Waals surface area contributed by atoms with Gasteiger partial charge >= 0.3 is 0 Å². The maximum Gasteiger partial charge on any atom is 0.134 e. The van der Waals surface area contributed by atoms with E-state index in [2.05, 4.69) is 33.8 Å². The molecule has 0 spiro atoms. The van der Waals surface area contributed by atoms with Crippen molar-refractivity contribution in [3.63, 3.8) is 0 Å². The second-order valence-corrected chi connectivity index (χ2v) is 6.33. The van der Waals surface area contributed by atoms with E-state index in [0.29, 0.717) is 6.04 Å². The highest BCUT2D eigenvalue weighted by Crippen LogP contribution is 2.29. The minimum absolute atomic E-state index is 0.557. The van der Waals surface area contributed by atoms with Crippen LogP contribution in [0.1, 0.15) is 37.1 Å². The van der Waals surface area contributed by atoms with Crippen LogP contribution in [0, 0.1) is 13.8 Å². The number of nitrogens with zero attached hydrogens (tertiary/aromatic N) is 2. The average molecular weight is 280 g/mol. The lowest BCUT2D eigenvalue weighted by atomic mass is 9.95. The highest BCUT2D eigenvalue weighted by Gasteiger charge is 2.21. The number of aromatic nitrogens is 2. The molecule has 0 saturated heterocycles. The first kappa shape index (κ1) is 14.4. The molecule has 1 aliphatic carbocycles.